The molecule has 1 heterocycles. The largest absolute Gasteiger partial charge is 0.478 e. The molecule has 3 N–H and O–H groups in total. The summed E-state index contributed by atoms with van der Waals surface area (Å²) in [5, 5.41) is 9.24. The number of benzene rings is 1. The molecule has 1 aromatic heterocycles. The number of rotatable bonds is 4. The Hall–Kier alpha value is -2.62. The fourth-order valence-electron chi connectivity index (χ4n) is 1.71. The number of carboxylic acids is 1. The second-order valence-corrected chi connectivity index (χ2v) is 4.15. The number of aromatic nitrogens is 1. The first kappa shape index (κ1) is 12.8. The summed E-state index contributed by atoms with van der Waals surface area (Å²) in [6.45, 7) is 0. The van der Waals surface area contributed by atoms with Crippen molar-refractivity contribution >= 4 is 17.9 Å². The molecule has 19 heavy (non-hydrogen) atoms. The summed E-state index contributed by atoms with van der Waals surface area (Å²) < 4.78 is 0. The van der Waals surface area contributed by atoms with Crippen LogP contribution in [-0.4, -0.2) is 16.1 Å². The highest BCUT2D eigenvalue weighted by Crippen LogP contribution is 2.13. The van der Waals surface area contributed by atoms with Crippen molar-refractivity contribution in [1.82, 2.24) is 4.98 Å². The number of nitrogen functional groups attached to an aromatic ring is 1. The summed E-state index contributed by atoms with van der Waals surface area (Å²) in [6.07, 6.45) is 3.55. The molecule has 0 saturated carbocycles. The van der Waals surface area contributed by atoms with Crippen molar-refractivity contribution in [2.45, 2.75) is 6.42 Å². The van der Waals surface area contributed by atoms with Crippen LogP contribution in [0.4, 0.5) is 5.82 Å². The Morgan fingerprint density at radius 2 is 1.95 bits per heavy atom. The predicted molar refractivity (Wildman–Crippen MR) is 74.4 cm³/mol. The average molecular weight is 254 g/mol. The summed E-state index contributed by atoms with van der Waals surface area (Å²) >= 11 is 0. The van der Waals surface area contributed by atoms with E-state index in [0.29, 0.717) is 17.8 Å². The topological polar surface area (TPSA) is 76.2 Å². The van der Waals surface area contributed by atoms with Gasteiger partial charge in [0, 0.05) is 18.2 Å². The van der Waals surface area contributed by atoms with Gasteiger partial charge in [0.1, 0.15) is 5.82 Å². The molecule has 4 nitrogen and oxygen atoms in total. The van der Waals surface area contributed by atoms with E-state index in [9.17, 15) is 9.90 Å². The fraction of sp³-hybridized carbons (Fsp3) is 0.0667. The zero-order chi connectivity index (χ0) is 13.7. The zero-order valence-corrected chi connectivity index (χ0v) is 10.3. The molecular formula is C15H14N2O2. The van der Waals surface area contributed by atoms with Gasteiger partial charge in [0.2, 0.25) is 0 Å². The first-order valence-electron chi connectivity index (χ1n) is 5.84. The highest BCUT2D eigenvalue weighted by Gasteiger charge is 2.08. The third-order valence-corrected chi connectivity index (χ3v) is 2.66. The van der Waals surface area contributed by atoms with Gasteiger partial charge in [0.05, 0.1) is 0 Å². The van der Waals surface area contributed by atoms with Crippen LogP contribution in [0.1, 0.15) is 11.1 Å². The Morgan fingerprint density at radius 1 is 1.21 bits per heavy atom. The number of anilines is 1. The Labute approximate surface area is 111 Å². The van der Waals surface area contributed by atoms with Crippen LogP contribution in [0.3, 0.4) is 0 Å². The van der Waals surface area contributed by atoms with Crippen LogP contribution in [0.2, 0.25) is 0 Å². The minimum Gasteiger partial charge on any atom is -0.478 e. The normalized spacial score (nSPS) is 11.3. The maximum absolute atomic E-state index is 11.3. The van der Waals surface area contributed by atoms with Crippen molar-refractivity contribution in [3.8, 4) is 0 Å². The average Bonchev–Trinajstić information content (AvgIpc) is 2.41. The lowest BCUT2D eigenvalue weighted by atomic mass is 10.0. The summed E-state index contributed by atoms with van der Waals surface area (Å²) in [5.74, 6) is -0.516. The van der Waals surface area contributed by atoms with Gasteiger partial charge in [0.25, 0.3) is 0 Å². The van der Waals surface area contributed by atoms with Crippen molar-refractivity contribution < 1.29 is 9.90 Å². The van der Waals surface area contributed by atoms with Crippen LogP contribution in [0.5, 0.6) is 0 Å². The van der Waals surface area contributed by atoms with Gasteiger partial charge in [-0.25, -0.2) is 9.78 Å². The third kappa shape index (κ3) is 3.67. The molecule has 0 saturated heterocycles. The Kier molecular flexibility index (Phi) is 3.93. The number of nitrogens with zero attached hydrogens (tertiary/aromatic N) is 1. The molecule has 1 aromatic carbocycles. The zero-order valence-electron chi connectivity index (χ0n) is 10.3. The number of hydrogen-bond donors (Lipinski definition) is 2. The monoisotopic (exact) mass is 254 g/mol. The van der Waals surface area contributed by atoms with Gasteiger partial charge in [-0.15, -0.1) is 0 Å². The predicted octanol–water partition coefficient (Wildman–Crippen LogP) is 2.37. The molecule has 2 aromatic rings. The van der Waals surface area contributed by atoms with Gasteiger partial charge in [-0.1, -0.05) is 30.3 Å². The maximum atomic E-state index is 11.3. The smallest absolute Gasteiger partial charge is 0.331 e. The van der Waals surface area contributed by atoms with E-state index in [1.165, 1.54) is 0 Å². The van der Waals surface area contributed by atoms with Gasteiger partial charge in [0.15, 0.2) is 0 Å². The summed E-state index contributed by atoms with van der Waals surface area (Å²) in [7, 11) is 0. The molecule has 0 fully saturated rings. The minimum atomic E-state index is -0.930. The van der Waals surface area contributed by atoms with Crippen LogP contribution in [0, 0.1) is 0 Å². The van der Waals surface area contributed by atoms with Crippen LogP contribution in [0.25, 0.3) is 6.08 Å². The third-order valence-electron chi connectivity index (χ3n) is 2.66. The van der Waals surface area contributed by atoms with Gasteiger partial charge < -0.3 is 10.8 Å². The number of aliphatic carboxylic acids is 1. The standard InChI is InChI=1S/C15H14N2O2/c16-14-7-6-12(10-17-14)9-13(15(18)19)8-11-4-2-1-3-5-11/h1-7,9-10H,8H2,(H2,16,17)(H,18,19)/b13-9+. The van der Waals surface area contributed by atoms with Crippen molar-refractivity contribution in [3.63, 3.8) is 0 Å². The van der Waals surface area contributed by atoms with E-state index < -0.39 is 5.97 Å². The maximum Gasteiger partial charge on any atom is 0.331 e. The molecule has 0 radical (unpaired) electrons. The quantitative estimate of drug-likeness (QED) is 0.821. The van der Waals surface area contributed by atoms with Crippen molar-refractivity contribution in [2.24, 2.45) is 0 Å². The summed E-state index contributed by atoms with van der Waals surface area (Å²) in [6, 6.07) is 12.9. The molecule has 2 rings (SSSR count). The second-order valence-electron chi connectivity index (χ2n) is 4.15. The van der Waals surface area contributed by atoms with Crippen LogP contribution in [-0.2, 0) is 11.2 Å². The fourth-order valence-corrected chi connectivity index (χ4v) is 1.71. The van der Waals surface area contributed by atoms with Gasteiger partial charge in [-0.3, -0.25) is 0 Å². The van der Waals surface area contributed by atoms with Crippen molar-refractivity contribution in [2.75, 3.05) is 5.73 Å². The van der Waals surface area contributed by atoms with E-state index in [-0.39, 0.29) is 0 Å². The van der Waals surface area contributed by atoms with E-state index in [4.69, 9.17) is 5.73 Å². The molecule has 0 aliphatic rings. The van der Waals surface area contributed by atoms with Crippen molar-refractivity contribution in [3.05, 3.63) is 65.4 Å². The molecule has 0 aliphatic heterocycles. The SMILES string of the molecule is Nc1ccc(/C=C(\Cc2ccccc2)C(=O)O)cn1. The minimum absolute atomic E-state index is 0.317. The first-order chi connectivity index (χ1) is 9.15. The van der Waals surface area contributed by atoms with Crippen molar-refractivity contribution in [1.29, 1.82) is 0 Å². The van der Waals surface area contributed by atoms with Crippen LogP contribution >= 0.6 is 0 Å². The first-order valence-corrected chi connectivity index (χ1v) is 5.84. The van der Waals surface area contributed by atoms with E-state index in [0.717, 1.165) is 11.1 Å². The summed E-state index contributed by atoms with van der Waals surface area (Å²) in [5.41, 5.74) is 7.49. The Bertz CT molecular complexity index is 589. The molecule has 4 heteroatoms. The molecule has 0 bridgehead atoms. The van der Waals surface area contributed by atoms with Crippen LogP contribution < -0.4 is 5.73 Å². The number of nitrogens with two attached hydrogens (primary N) is 1. The number of carboxylic acid groups (broad SMARTS) is 1. The van der Waals surface area contributed by atoms with E-state index >= 15 is 0 Å². The molecule has 0 unspecified atom stereocenters. The molecule has 0 aliphatic carbocycles. The van der Waals surface area contributed by atoms with Gasteiger partial charge in [-0.05, 0) is 29.3 Å². The molecule has 0 atom stereocenters. The number of hydrogen-bond acceptors (Lipinski definition) is 3. The number of pyridine rings is 1. The van der Waals surface area contributed by atoms with E-state index in [2.05, 4.69) is 4.98 Å². The van der Waals surface area contributed by atoms with E-state index in [1.807, 2.05) is 30.3 Å². The van der Waals surface area contributed by atoms with Gasteiger partial charge >= 0.3 is 5.97 Å². The van der Waals surface area contributed by atoms with Gasteiger partial charge in [-0.2, -0.15) is 0 Å². The highest BCUT2D eigenvalue weighted by atomic mass is 16.4. The Morgan fingerprint density at radius 3 is 2.53 bits per heavy atom. The molecule has 96 valence electrons. The molecule has 0 spiro atoms. The molecular weight excluding hydrogens is 240 g/mol. The number of carbonyl (C=O) groups is 1. The Balaban J connectivity index is 2.25. The van der Waals surface area contributed by atoms with E-state index in [1.54, 1.807) is 24.4 Å². The summed E-state index contributed by atoms with van der Waals surface area (Å²) in [4.78, 5) is 15.2. The van der Waals surface area contributed by atoms with Crippen LogP contribution in [0.15, 0.2) is 54.2 Å². The lowest BCUT2D eigenvalue weighted by Gasteiger charge is -2.03. The molecule has 0 amide bonds. The second kappa shape index (κ2) is 5.82. The highest BCUT2D eigenvalue weighted by molar-refractivity contribution is 5.92. The lowest BCUT2D eigenvalue weighted by molar-refractivity contribution is -0.132. The lowest BCUT2D eigenvalue weighted by Crippen LogP contribution is -2.04.